The summed E-state index contributed by atoms with van der Waals surface area (Å²) in [5.41, 5.74) is 3.52. The number of H-pyrrole nitrogens is 1. The van der Waals surface area contributed by atoms with Crippen LogP contribution in [-0.2, 0) is 4.79 Å². The first-order valence-electron chi connectivity index (χ1n) is 4.48. The molecule has 1 fully saturated rings. The summed E-state index contributed by atoms with van der Waals surface area (Å²) in [6.07, 6.45) is 2.75. The molecule has 1 aliphatic carbocycles. The van der Waals surface area contributed by atoms with Gasteiger partial charge in [0.15, 0.2) is 0 Å². The fourth-order valence-corrected chi connectivity index (χ4v) is 2.03. The van der Waals surface area contributed by atoms with E-state index in [0.29, 0.717) is 0 Å². The van der Waals surface area contributed by atoms with Crippen molar-refractivity contribution in [3.63, 3.8) is 0 Å². The zero-order chi connectivity index (χ0) is 9.59. The zero-order valence-electron chi connectivity index (χ0n) is 7.79. The summed E-state index contributed by atoms with van der Waals surface area (Å²) in [6, 6.07) is 0. The standard InChI is InChI=1S/C10H13NO2/c1-5-4-11-6(2)9(5)7-3-8(7)10(12)13/h4,7-8,11H,3H2,1-2H3,(H,12,13)/t7-,8-/m1/s1. The largest absolute Gasteiger partial charge is 0.481 e. The number of hydrogen-bond acceptors (Lipinski definition) is 1. The van der Waals surface area contributed by atoms with Crippen molar-refractivity contribution in [1.29, 1.82) is 0 Å². The predicted octanol–water partition coefficient (Wildman–Crippen LogP) is 1.82. The van der Waals surface area contributed by atoms with Crippen LogP contribution in [-0.4, -0.2) is 16.1 Å². The first kappa shape index (κ1) is 8.35. The van der Waals surface area contributed by atoms with Crippen LogP contribution in [0.5, 0.6) is 0 Å². The molecule has 0 radical (unpaired) electrons. The van der Waals surface area contributed by atoms with Gasteiger partial charge in [-0.2, -0.15) is 0 Å². The Kier molecular flexibility index (Phi) is 1.68. The number of carbonyl (C=O) groups is 1. The molecule has 0 bridgehead atoms. The molecule has 3 nitrogen and oxygen atoms in total. The lowest BCUT2D eigenvalue weighted by Gasteiger charge is -1.98. The number of aromatic amines is 1. The van der Waals surface area contributed by atoms with Crippen molar-refractivity contribution in [3.8, 4) is 0 Å². The number of aliphatic carboxylic acids is 1. The summed E-state index contributed by atoms with van der Waals surface area (Å²) < 4.78 is 0. The van der Waals surface area contributed by atoms with Crippen LogP contribution in [0.1, 0.15) is 29.2 Å². The van der Waals surface area contributed by atoms with E-state index in [1.54, 1.807) is 0 Å². The number of nitrogens with one attached hydrogen (secondary N) is 1. The van der Waals surface area contributed by atoms with Gasteiger partial charge in [0.25, 0.3) is 0 Å². The van der Waals surface area contributed by atoms with Gasteiger partial charge in [-0.25, -0.2) is 0 Å². The molecule has 1 saturated carbocycles. The third-order valence-electron chi connectivity index (χ3n) is 2.81. The van der Waals surface area contributed by atoms with Gasteiger partial charge in [-0.15, -0.1) is 0 Å². The maximum atomic E-state index is 10.7. The van der Waals surface area contributed by atoms with Gasteiger partial charge in [-0.3, -0.25) is 4.79 Å². The lowest BCUT2D eigenvalue weighted by molar-refractivity contribution is -0.138. The highest BCUT2D eigenvalue weighted by atomic mass is 16.4. The molecular weight excluding hydrogens is 166 g/mol. The Labute approximate surface area is 76.8 Å². The van der Waals surface area contributed by atoms with Crippen LogP contribution in [0.2, 0.25) is 0 Å². The fourth-order valence-electron chi connectivity index (χ4n) is 2.03. The van der Waals surface area contributed by atoms with Crippen LogP contribution in [0.25, 0.3) is 0 Å². The maximum Gasteiger partial charge on any atom is 0.307 e. The first-order chi connectivity index (χ1) is 6.11. The van der Waals surface area contributed by atoms with Gasteiger partial charge in [0.05, 0.1) is 5.92 Å². The van der Waals surface area contributed by atoms with E-state index in [0.717, 1.165) is 12.1 Å². The van der Waals surface area contributed by atoms with Gasteiger partial charge in [-0.05, 0) is 31.4 Å². The van der Waals surface area contributed by atoms with E-state index in [9.17, 15) is 4.79 Å². The molecule has 0 amide bonds. The van der Waals surface area contributed by atoms with E-state index < -0.39 is 5.97 Å². The van der Waals surface area contributed by atoms with Gasteiger partial charge in [-0.1, -0.05) is 0 Å². The zero-order valence-corrected chi connectivity index (χ0v) is 7.79. The van der Waals surface area contributed by atoms with Crippen molar-refractivity contribution in [2.45, 2.75) is 26.2 Å². The Bertz CT molecular complexity index is 334. The molecule has 3 heteroatoms. The molecule has 2 rings (SSSR count). The van der Waals surface area contributed by atoms with Crippen LogP contribution in [0, 0.1) is 19.8 Å². The number of aromatic nitrogens is 1. The molecule has 2 N–H and O–H groups in total. The second-order valence-corrected chi connectivity index (χ2v) is 3.80. The topological polar surface area (TPSA) is 53.1 Å². The van der Waals surface area contributed by atoms with E-state index in [2.05, 4.69) is 4.98 Å². The van der Waals surface area contributed by atoms with E-state index in [-0.39, 0.29) is 11.8 Å². The molecule has 1 aliphatic rings. The molecule has 1 aromatic heterocycles. The van der Waals surface area contributed by atoms with Crippen LogP contribution in [0.4, 0.5) is 0 Å². The summed E-state index contributed by atoms with van der Waals surface area (Å²) in [5, 5.41) is 8.79. The summed E-state index contributed by atoms with van der Waals surface area (Å²) in [7, 11) is 0. The Balaban J connectivity index is 2.24. The SMILES string of the molecule is Cc1c[nH]c(C)c1[C@@H]1C[C@H]1C(=O)O. The molecule has 0 aliphatic heterocycles. The Hall–Kier alpha value is -1.25. The summed E-state index contributed by atoms with van der Waals surface area (Å²) in [6.45, 7) is 4.02. The van der Waals surface area contributed by atoms with Crippen molar-refractivity contribution >= 4 is 5.97 Å². The maximum absolute atomic E-state index is 10.7. The Morgan fingerprint density at radius 3 is 2.69 bits per heavy atom. The van der Waals surface area contributed by atoms with Gasteiger partial charge >= 0.3 is 5.97 Å². The quantitative estimate of drug-likeness (QED) is 0.727. The third kappa shape index (κ3) is 1.24. The van der Waals surface area contributed by atoms with Gasteiger partial charge in [0.1, 0.15) is 0 Å². The third-order valence-corrected chi connectivity index (χ3v) is 2.81. The van der Waals surface area contributed by atoms with Crippen LogP contribution >= 0.6 is 0 Å². The monoisotopic (exact) mass is 179 g/mol. The summed E-state index contributed by atoms with van der Waals surface area (Å²) >= 11 is 0. The lowest BCUT2D eigenvalue weighted by atomic mass is 10.1. The van der Waals surface area contributed by atoms with Gasteiger partial charge in [0, 0.05) is 17.8 Å². The van der Waals surface area contributed by atoms with Gasteiger partial charge in [0.2, 0.25) is 0 Å². The molecule has 1 aromatic rings. The lowest BCUT2D eigenvalue weighted by Crippen LogP contribution is -1.99. The summed E-state index contributed by atoms with van der Waals surface area (Å²) in [4.78, 5) is 13.8. The molecule has 0 spiro atoms. The molecule has 0 unspecified atom stereocenters. The molecule has 2 atom stereocenters. The predicted molar refractivity (Wildman–Crippen MR) is 48.8 cm³/mol. The molecular formula is C10H13NO2. The number of carboxylic acids is 1. The highest BCUT2D eigenvalue weighted by Gasteiger charge is 2.45. The fraction of sp³-hybridized carbons (Fsp3) is 0.500. The van der Waals surface area contributed by atoms with Crippen LogP contribution in [0.15, 0.2) is 6.20 Å². The van der Waals surface area contributed by atoms with Crippen molar-refractivity contribution in [2.75, 3.05) is 0 Å². The number of carboxylic acid groups (broad SMARTS) is 1. The van der Waals surface area contributed by atoms with Gasteiger partial charge < -0.3 is 10.1 Å². The minimum absolute atomic E-state index is 0.145. The smallest absolute Gasteiger partial charge is 0.307 e. The second-order valence-electron chi connectivity index (χ2n) is 3.80. The Morgan fingerprint density at radius 1 is 1.62 bits per heavy atom. The first-order valence-corrected chi connectivity index (χ1v) is 4.48. The van der Waals surface area contributed by atoms with E-state index in [1.165, 1.54) is 11.1 Å². The molecule has 1 heterocycles. The average Bonchev–Trinajstić information content (AvgIpc) is 2.76. The highest BCUT2D eigenvalue weighted by Crippen LogP contribution is 2.49. The molecule has 13 heavy (non-hydrogen) atoms. The molecule has 0 aromatic carbocycles. The van der Waals surface area contributed by atoms with E-state index in [1.807, 2.05) is 20.0 Å². The molecule has 0 saturated heterocycles. The number of aryl methyl sites for hydroxylation is 2. The summed E-state index contributed by atoms with van der Waals surface area (Å²) in [5.74, 6) is -0.554. The van der Waals surface area contributed by atoms with Crippen molar-refractivity contribution < 1.29 is 9.90 Å². The van der Waals surface area contributed by atoms with Crippen molar-refractivity contribution in [2.24, 2.45) is 5.92 Å². The highest BCUT2D eigenvalue weighted by molar-refractivity contribution is 5.75. The molecule has 70 valence electrons. The average molecular weight is 179 g/mol. The number of hydrogen-bond donors (Lipinski definition) is 2. The second kappa shape index (κ2) is 2.62. The van der Waals surface area contributed by atoms with Crippen molar-refractivity contribution in [3.05, 3.63) is 23.0 Å². The van der Waals surface area contributed by atoms with Crippen LogP contribution < -0.4 is 0 Å². The van der Waals surface area contributed by atoms with Crippen LogP contribution in [0.3, 0.4) is 0 Å². The van der Waals surface area contributed by atoms with E-state index >= 15 is 0 Å². The number of rotatable bonds is 2. The minimum atomic E-state index is -0.662. The van der Waals surface area contributed by atoms with Crippen molar-refractivity contribution in [1.82, 2.24) is 4.98 Å². The Morgan fingerprint density at radius 2 is 2.31 bits per heavy atom. The normalized spacial score (nSPS) is 26.0. The van der Waals surface area contributed by atoms with E-state index in [4.69, 9.17) is 5.11 Å². The minimum Gasteiger partial charge on any atom is -0.481 e.